The van der Waals surface area contributed by atoms with Gasteiger partial charge in [-0.15, -0.1) is 10.2 Å². The zero-order valence-corrected chi connectivity index (χ0v) is 17.4. The van der Waals surface area contributed by atoms with Crippen LogP contribution in [0.25, 0.3) is 22.0 Å². The second-order valence-corrected chi connectivity index (χ2v) is 7.32. The van der Waals surface area contributed by atoms with Gasteiger partial charge in [0, 0.05) is 28.6 Å². The summed E-state index contributed by atoms with van der Waals surface area (Å²) in [5.74, 6) is -0.256. The summed E-state index contributed by atoms with van der Waals surface area (Å²) in [6.45, 7) is -0.134. The number of hydrogen-bond donors (Lipinski definition) is 4. The standard InChI is InChI=1S/C24H21F2N5O2/c25-16-7-5-15(6-8-16)22-20-3-1-2-4-21(20)23(31-30-22)27-13-19(14-32)29-24(33)28-18-11-9-17(26)10-12-18/h1-12,19,32H,13-14H2,(H,27,31)(H2,28,29,33)/t19-/m0/s1. The van der Waals surface area contributed by atoms with E-state index in [2.05, 4.69) is 26.1 Å². The average Bonchev–Trinajstić information content (AvgIpc) is 2.83. The van der Waals surface area contributed by atoms with Crippen molar-refractivity contribution in [1.29, 1.82) is 0 Å². The van der Waals surface area contributed by atoms with Gasteiger partial charge in [-0.05, 0) is 48.5 Å². The second kappa shape index (κ2) is 10.0. The molecule has 2 amide bonds. The Hall–Kier alpha value is -4.11. The van der Waals surface area contributed by atoms with Gasteiger partial charge < -0.3 is 21.1 Å². The van der Waals surface area contributed by atoms with Crippen LogP contribution in [0.4, 0.5) is 25.1 Å². The van der Waals surface area contributed by atoms with E-state index in [1.165, 1.54) is 36.4 Å². The van der Waals surface area contributed by atoms with E-state index in [0.29, 0.717) is 17.2 Å². The Kier molecular flexibility index (Phi) is 6.70. The molecule has 4 N–H and O–H groups in total. The quantitative estimate of drug-likeness (QED) is 0.339. The molecule has 0 aliphatic carbocycles. The van der Waals surface area contributed by atoms with Crippen LogP contribution >= 0.6 is 0 Å². The molecule has 0 aliphatic heterocycles. The van der Waals surface area contributed by atoms with Crippen LogP contribution in [0.2, 0.25) is 0 Å². The highest BCUT2D eigenvalue weighted by molar-refractivity contribution is 6.00. The largest absolute Gasteiger partial charge is 0.394 e. The molecule has 168 valence electrons. The van der Waals surface area contributed by atoms with E-state index >= 15 is 0 Å². The Morgan fingerprint density at radius 1 is 0.879 bits per heavy atom. The summed E-state index contributed by atoms with van der Waals surface area (Å²) < 4.78 is 26.3. The van der Waals surface area contributed by atoms with Crippen molar-refractivity contribution in [2.75, 3.05) is 23.8 Å². The zero-order chi connectivity index (χ0) is 23.2. The number of nitrogens with one attached hydrogen (secondary N) is 3. The molecule has 0 spiro atoms. The van der Waals surface area contributed by atoms with Gasteiger partial charge in [0.05, 0.1) is 12.6 Å². The normalized spacial score (nSPS) is 11.7. The summed E-state index contributed by atoms with van der Waals surface area (Å²) in [4.78, 5) is 12.2. The lowest BCUT2D eigenvalue weighted by Gasteiger charge is -2.18. The topological polar surface area (TPSA) is 99.2 Å². The first-order valence-corrected chi connectivity index (χ1v) is 10.2. The van der Waals surface area contributed by atoms with Crippen molar-refractivity contribution in [1.82, 2.24) is 15.5 Å². The number of anilines is 2. The van der Waals surface area contributed by atoms with Gasteiger partial charge in [-0.3, -0.25) is 0 Å². The van der Waals surface area contributed by atoms with Crippen LogP contribution in [0, 0.1) is 11.6 Å². The fraction of sp³-hybridized carbons (Fsp3) is 0.125. The summed E-state index contributed by atoms with van der Waals surface area (Å²) in [6.07, 6.45) is 0. The number of amides is 2. The van der Waals surface area contributed by atoms with Crippen LogP contribution in [0.5, 0.6) is 0 Å². The molecule has 9 heteroatoms. The van der Waals surface area contributed by atoms with E-state index in [4.69, 9.17) is 0 Å². The maximum atomic E-state index is 13.3. The number of carbonyl (C=O) groups is 1. The summed E-state index contributed by atoms with van der Waals surface area (Å²) in [5.41, 5.74) is 1.78. The number of fused-ring (bicyclic) bond motifs is 1. The molecule has 0 radical (unpaired) electrons. The summed E-state index contributed by atoms with van der Waals surface area (Å²) in [7, 11) is 0. The Morgan fingerprint density at radius 2 is 1.52 bits per heavy atom. The van der Waals surface area contributed by atoms with Crippen LogP contribution in [0.3, 0.4) is 0 Å². The third kappa shape index (κ3) is 5.39. The number of carbonyl (C=O) groups excluding carboxylic acids is 1. The molecule has 7 nitrogen and oxygen atoms in total. The molecule has 0 saturated heterocycles. The molecule has 0 fully saturated rings. The van der Waals surface area contributed by atoms with Crippen molar-refractivity contribution in [2.45, 2.75) is 6.04 Å². The highest BCUT2D eigenvalue weighted by Crippen LogP contribution is 2.29. The van der Waals surface area contributed by atoms with Gasteiger partial charge in [-0.25, -0.2) is 13.6 Å². The summed E-state index contributed by atoms with van der Waals surface area (Å²) >= 11 is 0. The van der Waals surface area contributed by atoms with E-state index in [9.17, 15) is 18.7 Å². The molecule has 1 atom stereocenters. The van der Waals surface area contributed by atoms with Gasteiger partial charge in [-0.2, -0.15) is 0 Å². The first kappa shape index (κ1) is 22.1. The lowest BCUT2D eigenvalue weighted by atomic mass is 10.0. The fourth-order valence-electron chi connectivity index (χ4n) is 3.32. The molecular weight excluding hydrogens is 428 g/mol. The van der Waals surface area contributed by atoms with E-state index < -0.39 is 17.9 Å². The van der Waals surface area contributed by atoms with Crippen molar-refractivity contribution in [3.8, 4) is 11.3 Å². The SMILES string of the molecule is O=C(Nc1ccc(F)cc1)N[C@H](CO)CNc1nnc(-c2ccc(F)cc2)c2ccccc12. The zero-order valence-electron chi connectivity index (χ0n) is 17.4. The second-order valence-electron chi connectivity index (χ2n) is 7.32. The third-order valence-electron chi connectivity index (χ3n) is 4.98. The van der Waals surface area contributed by atoms with E-state index in [1.807, 2.05) is 24.3 Å². The minimum atomic E-state index is -0.622. The molecule has 1 heterocycles. The van der Waals surface area contributed by atoms with Crippen molar-refractivity contribution in [3.63, 3.8) is 0 Å². The average molecular weight is 449 g/mol. The molecule has 3 aromatic carbocycles. The number of nitrogens with zero attached hydrogens (tertiary/aromatic N) is 2. The molecule has 0 saturated carbocycles. The van der Waals surface area contributed by atoms with Gasteiger partial charge in [0.25, 0.3) is 0 Å². The predicted octanol–water partition coefficient (Wildman–Crippen LogP) is 4.17. The van der Waals surface area contributed by atoms with Crippen LogP contribution < -0.4 is 16.0 Å². The van der Waals surface area contributed by atoms with Crippen molar-refractivity contribution < 1.29 is 18.7 Å². The molecule has 4 aromatic rings. The Balaban J connectivity index is 1.46. The van der Waals surface area contributed by atoms with E-state index in [-0.39, 0.29) is 19.0 Å². The molecule has 1 aromatic heterocycles. The molecule has 0 unspecified atom stereocenters. The lowest BCUT2D eigenvalue weighted by Crippen LogP contribution is -2.44. The lowest BCUT2D eigenvalue weighted by molar-refractivity contribution is 0.227. The maximum absolute atomic E-state index is 13.3. The third-order valence-corrected chi connectivity index (χ3v) is 4.98. The van der Waals surface area contributed by atoms with Gasteiger partial charge >= 0.3 is 6.03 Å². The number of halogens is 2. The van der Waals surface area contributed by atoms with Crippen LogP contribution in [0.15, 0.2) is 72.8 Å². The summed E-state index contributed by atoms with van der Waals surface area (Å²) in [6, 6.07) is 17.7. The maximum Gasteiger partial charge on any atom is 0.319 e. The highest BCUT2D eigenvalue weighted by Gasteiger charge is 2.15. The number of aliphatic hydroxyl groups excluding tert-OH is 1. The molecule has 0 bridgehead atoms. The number of aromatic nitrogens is 2. The van der Waals surface area contributed by atoms with E-state index in [1.54, 1.807) is 12.1 Å². The van der Waals surface area contributed by atoms with Gasteiger partial charge in [-0.1, -0.05) is 24.3 Å². The number of benzene rings is 3. The Morgan fingerprint density at radius 3 is 2.18 bits per heavy atom. The van der Waals surface area contributed by atoms with Gasteiger partial charge in [0.1, 0.15) is 17.3 Å². The number of hydrogen-bond acceptors (Lipinski definition) is 5. The smallest absolute Gasteiger partial charge is 0.319 e. The van der Waals surface area contributed by atoms with Crippen LogP contribution in [-0.4, -0.2) is 40.5 Å². The van der Waals surface area contributed by atoms with Crippen LogP contribution in [-0.2, 0) is 0 Å². The van der Waals surface area contributed by atoms with Crippen molar-refractivity contribution >= 4 is 28.3 Å². The summed E-state index contributed by atoms with van der Waals surface area (Å²) in [5, 5.41) is 28.2. The first-order valence-electron chi connectivity index (χ1n) is 10.2. The monoisotopic (exact) mass is 449 g/mol. The first-order chi connectivity index (χ1) is 16.0. The molecular formula is C24H21F2N5O2. The Bertz CT molecular complexity index is 1250. The van der Waals surface area contributed by atoms with Crippen molar-refractivity contribution in [2.24, 2.45) is 0 Å². The fourth-order valence-corrected chi connectivity index (χ4v) is 3.32. The number of urea groups is 1. The van der Waals surface area contributed by atoms with Crippen molar-refractivity contribution in [3.05, 3.63) is 84.4 Å². The number of rotatable bonds is 7. The minimum absolute atomic E-state index is 0.182. The molecule has 4 rings (SSSR count). The molecule has 33 heavy (non-hydrogen) atoms. The molecule has 0 aliphatic rings. The number of aliphatic hydroxyl groups is 1. The van der Waals surface area contributed by atoms with Crippen LogP contribution in [0.1, 0.15) is 0 Å². The minimum Gasteiger partial charge on any atom is -0.394 e. The Labute approximate surface area is 188 Å². The van der Waals surface area contributed by atoms with Gasteiger partial charge in [0.15, 0.2) is 5.82 Å². The highest BCUT2D eigenvalue weighted by atomic mass is 19.1. The van der Waals surface area contributed by atoms with E-state index in [0.717, 1.165) is 16.3 Å². The van der Waals surface area contributed by atoms with Gasteiger partial charge in [0.2, 0.25) is 0 Å². The predicted molar refractivity (Wildman–Crippen MR) is 123 cm³/mol.